The molecule has 0 spiro atoms. The van der Waals surface area contributed by atoms with Crippen molar-refractivity contribution in [1.82, 2.24) is 16.2 Å². The van der Waals surface area contributed by atoms with Crippen LogP contribution in [0.4, 0.5) is 0 Å². The van der Waals surface area contributed by atoms with Crippen LogP contribution in [0.2, 0.25) is 5.02 Å². The molecule has 6 nitrogen and oxygen atoms in total. The first-order valence-electron chi connectivity index (χ1n) is 8.35. The summed E-state index contributed by atoms with van der Waals surface area (Å²) < 4.78 is 10.6. The molecular weight excluding hydrogens is 354 g/mol. The Bertz CT molecular complexity index is 767. The van der Waals surface area contributed by atoms with Crippen LogP contribution < -0.4 is 25.6 Å². The Morgan fingerprint density at radius 3 is 2.65 bits per heavy atom. The van der Waals surface area contributed by atoms with E-state index in [0.717, 1.165) is 11.1 Å². The van der Waals surface area contributed by atoms with Gasteiger partial charge in [0.15, 0.2) is 0 Å². The number of nitrogens with one attached hydrogen (secondary N) is 3. The van der Waals surface area contributed by atoms with Crippen LogP contribution in [-0.2, 0) is 11.3 Å². The van der Waals surface area contributed by atoms with Gasteiger partial charge in [-0.1, -0.05) is 23.7 Å². The minimum Gasteiger partial charge on any atom is -0.497 e. The molecule has 0 bridgehead atoms. The molecule has 138 valence electrons. The Labute approximate surface area is 157 Å². The summed E-state index contributed by atoms with van der Waals surface area (Å²) in [7, 11) is 3.20. The van der Waals surface area contributed by atoms with Gasteiger partial charge in [0.25, 0.3) is 0 Å². The van der Waals surface area contributed by atoms with Crippen LogP contribution in [-0.4, -0.2) is 26.7 Å². The van der Waals surface area contributed by atoms with Gasteiger partial charge in [-0.05, 0) is 29.8 Å². The fraction of sp³-hybridized carbons (Fsp3) is 0.316. The number of hydrogen-bond acceptors (Lipinski definition) is 5. The number of methoxy groups -OCH3 is 2. The molecule has 1 aliphatic heterocycles. The normalized spacial score (nSPS) is 19.2. The third-order valence-electron chi connectivity index (χ3n) is 4.50. The fourth-order valence-electron chi connectivity index (χ4n) is 3.04. The first-order valence-corrected chi connectivity index (χ1v) is 8.72. The summed E-state index contributed by atoms with van der Waals surface area (Å²) >= 11 is 5.95. The summed E-state index contributed by atoms with van der Waals surface area (Å²) in [4.78, 5) is 12.7. The first-order chi connectivity index (χ1) is 12.6. The van der Waals surface area contributed by atoms with Crippen LogP contribution in [0.1, 0.15) is 17.2 Å². The maximum atomic E-state index is 12.7. The van der Waals surface area contributed by atoms with Gasteiger partial charge in [-0.3, -0.25) is 10.2 Å². The Hall–Kier alpha value is -2.28. The van der Waals surface area contributed by atoms with E-state index >= 15 is 0 Å². The quantitative estimate of drug-likeness (QED) is 0.723. The molecule has 3 N–H and O–H groups in total. The van der Waals surface area contributed by atoms with Crippen molar-refractivity contribution in [2.45, 2.75) is 12.6 Å². The van der Waals surface area contributed by atoms with Crippen LogP contribution in [0, 0.1) is 5.92 Å². The van der Waals surface area contributed by atoms with Gasteiger partial charge in [-0.15, -0.1) is 0 Å². The third kappa shape index (κ3) is 4.09. The van der Waals surface area contributed by atoms with Crippen molar-refractivity contribution in [3.8, 4) is 11.5 Å². The Kier molecular flexibility index (Phi) is 5.98. The molecule has 2 aromatic carbocycles. The highest BCUT2D eigenvalue weighted by Crippen LogP contribution is 2.27. The molecule has 26 heavy (non-hydrogen) atoms. The molecular formula is C19H22ClN3O3. The number of carbonyl (C=O) groups is 1. The molecule has 2 unspecified atom stereocenters. The molecule has 0 radical (unpaired) electrons. The zero-order valence-electron chi connectivity index (χ0n) is 14.7. The number of halogens is 1. The second kappa shape index (κ2) is 8.40. The second-order valence-corrected chi connectivity index (χ2v) is 6.49. The van der Waals surface area contributed by atoms with E-state index in [1.807, 2.05) is 36.4 Å². The molecule has 2 atom stereocenters. The van der Waals surface area contributed by atoms with E-state index in [-0.39, 0.29) is 17.9 Å². The molecule has 1 fully saturated rings. The van der Waals surface area contributed by atoms with Crippen molar-refractivity contribution in [3.05, 3.63) is 58.6 Å². The second-order valence-electron chi connectivity index (χ2n) is 6.06. The number of carbonyl (C=O) groups excluding carboxylic acids is 1. The topological polar surface area (TPSA) is 71.6 Å². The number of hydrogen-bond donors (Lipinski definition) is 3. The summed E-state index contributed by atoms with van der Waals surface area (Å²) in [5.41, 5.74) is 8.14. The molecule has 0 aromatic heterocycles. The van der Waals surface area contributed by atoms with Crippen LogP contribution >= 0.6 is 11.6 Å². The highest BCUT2D eigenvalue weighted by atomic mass is 35.5. The van der Waals surface area contributed by atoms with Gasteiger partial charge >= 0.3 is 0 Å². The first kappa shape index (κ1) is 18.5. The molecule has 7 heteroatoms. The number of amides is 1. The molecule has 1 saturated heterocycles. The van der Waals surface area contributed by atoms with Crippen LogP contribution in [0.25, 0.3) is 0 Å². The SMILES string of the molecule is COc1ccc(CNC(=O)C2CNNC2c2ccc(Cl)cc2)c(OC)c1. The van der Waals surface area contributed by atoms with Crippen molar-refractivity contribution in [2.75, 3.05) is 20.8 Å². The van der Waals surface area contributed by atoms with E-state index in [1.165, 1.54) is 0 Å². The number of hydrazine groups is 1. The van der Waals surface area contributed by atoms with Gasteiger partial charge in [0.2, 0.25) is 5.91 Å². The zero-order valence-corrected chi connectivity index (χ0v) is 15.5. The van der Waals surface area contributed by atoms with Gasteiger partial charge < -0.3 is 14.8 Å². The minimum atomic E-state index is -0.222. The largest absolute Gasteiger partial charge is 0.497 e. The van der Waals surface area contributed by atoms with Crippen molar-refractivity contribution in [1.29, 1.82) is 0 Å². The number of rotatable bonds is 6. The molecule has 3 rings (SSSR count). The maximum absolute atomic E-state index is 12.7. The lowest BCUT2D eigenvalue weighted by Gasteiger charge is -2.19. The summed E-state index contributed by atoms with van der Waals surface area (Å²) in [6, 6.07) is 12.9. The van der Waals surface area contributed by atoms with E-state index in [4.69, 9.17) is 21.1 Å². The molecule has 2 aromatic rings. The van der Waals surface area contributed by atoms with Crippen LogP contribution in [0.3, 0.4) is 0 Å². The van der Waals surface area contributed by atoms with E-state index in [2.05, 4.69) is 16.2 Å². The zero-order chi connectivity index (χ0) is 18.5. The van der Waals surface area contributed by atoms with Gasteiger partial charge in [-0.2, -0.15) is 0 Å². The van der Waals surface area contributed by atoms with Gasteiger partial charge in [0, 0.05) is 29.7 Å². The van der Waals surface area contributed by atoms with Gasteiger partial charge in [0.05, 0.1) is 26.2 Å². The smallest absolute Gasteiger partial charge is 0.226 e. The number of benzene rings is 2. The fourth-order valence-corrected chi connectivity index (χ4v) is 3.16. The van der Waals surface area contributed by atoms with E-state index in [1.54, 1.807) is 20.3 Å². The van der Waals surface area contributed by atoms with Crippen molar-refractivity contribution >= 4 is 17.5 Å². The van der Waals surface area contributed by atoms with Crippen molar-refractivity contribution < 1.29 is 14.3 Å². The summed E-state index contributed by atoms with van der Waals surface area (Å²) in [5, 5.41) is 3.67. The van der Waals surface area contributed by atoms with E-state index in [9.17, 15) is 4.79 Å². The predicted octanol–water partition coefficient (Wildman–Crippen LogP) is 2.44. The van der Waals surface area contributed by atoms with E-state index in [0.29, 0.717) is 29.6 Å². The molecule has 1 aliphatic rings. The lowest BCUT2D eigenvalue weighted by atomic mass is 9.94. The maximum Gasteiger partial charge on any atom is 0.226 e. The van der Waals surface area contributed by atoms with Gasteiger partial charge in [-0.25, -0.2) is 5.43 Å². The molecule has 1 amide bonds. The third-order valence-corrected chi connectivity index (χ3v) is 4.75. The lowest BCUT2D eigenvalue weighted by Crippen LogP contribution is -2.34. The predicted molar refractivity (Wildman–Crippen MR) is 100 cm³/mol. The molecule has 0 saturated carbocycles. The summed E-state index contributed by atoms with van der Waals surface area (Å²) in [6.45, 7) is 0.939. The Morgan fingerprint density at radius 1 is 1.19 bits per heavy atom. The van der Waals surface area contributed by atoms with Crippen LogP contribution in [0.15, 0.2) is 42.5 Å². The highest BCUT2D eigenvalue weighted by molar-refractivity contribution is 6.30. The lowest BCUT2D eigenvalue weighted by molar-refractivity contribution is -0.125. The summed E-state index contributed by atoms with van der Waals surface area (Å²) in [5.74, 6) is 1.14. The Balaban J connectivity index is 1.67. The average molecular weight is 376 g/mol. The molecule has 0 aliphatic carbocycles. The summed E-state index contributed by atoms with van der Waals surface area (Å²) in [6.07, 6.45) is 0. The average Bonchev–Trinajstić information content (AvgIpc) is 3.16. The van der Waals surface area contributed by atoms with Gasteiger partial charge in [0.1, 0.15) is 11.5 Å². The highest BCUT2D eigenvalue weighted by Gasteiger charge is 2.33. The van der Waals surface area contributed by atoms with Crippen molar-refractivity contribution in [3.63, 3.8) is 0 Å². The van der Waals surface area contributed by atoms with Crippen LogP contribution in [0.5, 0.6) is 11.5 Å². The van der Waals surface area contributed by atoms with E-state index < -0.39 is 0 Å². The standard InChI is InChI=1S/C19H22ClN3O3/c1-25-15-8-5-13(17(9-15)26-2)10-21-19(24)16-11-22-23-18(16)12-3-6-14(20)7-4-12/h3-9,16,18,22-23H,10-11H2,1-2H3,(H,21,24). The monoisotopic (exact) mass is 375 g/mol. The number of ether oxygens (including phenoxy) is 2. The molecule has 1 heterocycles. The van der Waals surface area contributed by atoms with Crippen molar-refractivity contribution in [2.24, 2.45) is 5.92 Å². The Morgan fingerprint density at radius 2 is 1.96 bits per heavy atom. The minimum absolute atomic E-state index is 0.0275.